The zero-order chi connectivity index (χ0) is 21.3. The van der Waals surface area contributed by atoms with Crippen molar-refractivity contribution in [3.8, 4) is 0 Å². The fraction of sp³-hybridized carbons (Fsp3) is 0.458. The lowest BCUT2D eigenvalue weighted by Gasteiger charge is -2.39. The molecule has 2 aromatic carbocycles. The quantitative estimate of drug-likeness (QED) is 0.812. The molecular formula is C24H34N2O3. The monoisotopic (exact) mass is 398 g/mol. The number of rotatable bonds is 2. The molecule has 5 heteroatoms. The summed E-state index contributed by atoms with van der Waals surface area (Å²) >= 11 is 0. The summed E-state index contributed by atoms with van der Waals surface area (Å²) in [5.74, 6) is 0. The van der Waals surface area contributed by atoms with Gasteiger partial charge in [-0.15, -0.1) is 0 Å². The molecular weight excluding hydrogens is 364 g/mol. The van der Waals surface area contributed by atoms with Gasteiger partial charge in [-0.1, -0.05) is 62.4 Å². The molecule has 0 aliphatic carbocycles. The fourth-order valence-corrected chi connectivity index (χ4v) is 4.23. The first-order valence-corrected chi connectivity index (χ1v) is 10.4. The number of aliphatic hydroxyl groups excluding tert-OH is 1. The lowest BCUT2D eigenvalue weighted by molar-refractivity contribution is 0.0790. The molecule has 0 aromatic heterocycles. The number of hydrogen-bond donors (Lipinski definition) is 1. The predicted molar refractivity (Wildman–Crippen MR) is 118 cm³/mol. The van der Waals surface area contributed by atoms with Crippen molar-refractivity contribution in [3.05, 3.63) is 65.7 Å². The minimum absolute atomic E-state index is 0.182. The van der Waals surface area contributed by atoms with Gasteiger partial charge in [0.05, 0.1) is 0 Å². The van der Waals surface area contributed by atoms with E-state index in [9.17, 15) is 4.79 Å². The van der Waals surface area contributed by atoms with Gasteiger partial charge >= 0.3 is 6.09 Å². The zero-order valence-electron chi connectivity index (χ0n) is 18.1. The molecule has 0 bridgehead atoms. The number of amides is 1. The van der Waals surface area contributed by atoms with Crippen molar-refractivity contribution in [1.29, 1.82) is 0 Å². The Hall–Kier alpha value is -2.53. The molecule has 0 saturated carbocycles. The number of benzene rings is 2. The minimum Gasteiger partial charge on any atom is -0.445 e. The summed E-state index contributed by atoms with van der Waals surface area (Å²) in [6.07, 6.45) is 1.79. The second-order valence-electron chi connectivity index (χ2n) is 7.18. The molecule has 1 fully saturated rings. The third-order valence-electron chi connectivity index (χ3n) is 5.61. The number of anilines is 1. The minimum atomic E-state index is -0.196. The van der Waals surface area contributed by atoms with Gasteiger partial charge in [0.25, 0.3) is 0 Å². The summed E-state index contributed by atoms with van der Waals surface area (Å²) < 4.78 is 5.49. The van der Waals surface area contributed by atoms with E-state index < -0.39 is 0 Å². The number of fused-ring (bicyclic) bond motifs is 2. The molecule has 29 heavy (non-hydrogen) atoms. The van der Waals surface area contributed by atoms with Crippen molar-refractivity contribution in [2.45, 2.75) is 38.7 Å². The maximum absolute atomic E-state index is 12.4. The van der Waals surface area contributed by atoms with Crippen LogP contribution in [0.4, 0.5) is 10.5 Å². The molecule has 4 rings (SSSR count). The molecule has 1 saturated heterocycles. The van der Waals surface area contributed by atoms with E-state index in [4.69, 9.17) is 9.84 Å². The van der Waals surface area contributed by atoms with Crippen LogP contribution in [-0.2, 0) is 16.8 Å². The van der Waals surface area contributed by atoms with Crippen LogP contribution < -0.4 is 4.90 Å². The van der Waals surface area contributed by atoms with Gasteiger partial charge in [-0.05, 0) is 30.0 Å². The highest BCUT2D eigenvalue weighted by Gasteiger charge is 2.44. The van der Waals surface area contributed by atoms with Crippen molar-refractivity contribution < 1.29 is 14.6 Å². The Kier molecular flexibility index (Phi) is 8.52. The number of para-hydroxylation sites is 1. The number of piperidine rings is 1. The number of likely N-dealkylation sites (N-methyl/N-ethyl adjacent to an activating group) is 1. The van der Waals surface area contributed by atoms with Crippen LogP contribution in [0.1, 0.15) is 37.8 Å². The summed E-state index contributed by atoms with van der Waals surface area (Å²) in [5.41, 5.74) is 3.98. The van der Waals surface area contributed by atoms with Gasteiger partial charge in [-0.3, -0.25) is 0 Å². The maximum Gasteiger partial charge on any atom is 0.410 e. The van der Waals surface area contributed by atoms with Crippen LogP contribution >= 0.6 is 0 Å². The number of likely N-dealkylation sites (tertiary alicyclic amines) is 1. The Morgan fingerprint density at radius 3 is 2.24 bits per heavy atom. The zero-order valence-corrected chi connectivity index (χ0v) is 18.1. The van der Waals surface area contributed by atoms with Gasteiger partial charge < -0.3 is 19.6 Å². The van der Waals surface area contributed by atoms with Crippen LogP contribution in [0.3, 0.4) is 0 Å². The van der Waals surface area contributed by atoms with Crippen LogP contribution in [0.2, 0.25) is 0 Å². The van der Waals surface area contributed by atoms with E-state index in [1.807, 2.05) is 49.1 Å². The van der Waals surface area contributed by atoms with Crippen LogP contribution in [0.25, 0.3) is 0 Å². The van der Waals surface area contributed by atoms with Gasteiger partial charge in [0.15, 0.2) is 0 Å². The van der Waals surface area contributed by atoms with E-state index in [0.29, 0.717) is 6.61 Å². The molecule has 0 radical (unpaired) electrons. The standard InChI is InChI=1S/C21H24N2O2.C2H6.CH4O/c1-22-16-21(18-9-5-6-10-19(18)22)11-13-23(14-12-21)20(24)25-15-17-7-3-2-4-8-17;2*1-2/h2-10H,11-16H2,1H3;1-2H3;2H,1H3. The molecule has 5 nitrogen and oxygen atoms in total. The largest absolute Gasteiger partial charge is 0.445 e. The first-order chi connectivity index (χ1) is 14.2. The molecule has 0 unspecified atom stereocenters. The van der Waals surface area contributed by atoms with Gasteiger partial charge in [-0.2, -0.15) is 0 Å². The second-order valence-corrected chi connectivity index (χ2v) is 7.18. The molecule has 0 atom stereocenters. The Morgan fingerprint density at radius 2 is 1.59 bits per heavy atom. The number of carbonyl (C=O) groups is 1. The summed E-state index contributed by atoms with van der Waals surface area (Å²) in [7, 11) is 3.16. The predicted octanol–water partition coefficient (Wildman–Crippen LogP) is 4.44. The number of carbonyl (C=O) groups excluding carboxylic acids is 1. The summed E-state index contributed by atoms with van der Waals surface area (Å²) in [5, 5.41) is 7.00. The Labute approximate surface area is 174 Å². The maximum atomic E-state index is 12.4. The van der Waals surface area contributed by atoms with Crippen LogP contribution in [-0.4, -0.2) is 49.9 Å². The SMILES string of the molecule is CC.CN1CC2(CCN(C(=O)OCc3ccccc3)CC2)c2ccccc21.CO. The number of hydrogen-bond acceptors (Lipinski definition) is 4. The van der Waals surface area contributed by atoms with Crippen LogP contribution in [0.15, 0.2) is 54.6 Å². The third-order valence-corrected chi connectivity index (χ3v) is 5.61. The average Bonchev–Trinajstić information content (AvgIpc) is 3.07. The Bertz CT molecular complexity index is 756. The van der Waals surface area contributed by atoms with Crippen molar-refractivity contribution in [2.75, 3.05) is 38.7 Å². The first kappa shape index (κ1) is 22.8. The average molecular weight is 399 g/mol. The van der Waals surface area contributed by atoms with Crippen molar-refractivity contribution in [3.63, 3.8) is 0 Å². The molecule has 2 aliphatic rings. The Balaban J connectivity index is 0.000000707. The summed E-state index contributed by atoms with van der Waals surface area (Å²) in [6.45, 7) is 6.90. The molecule has 1 amide bonds. The van der Waals surface area contributed by atoms with Gasteiger partial charge in [0.1, 0.15) is 6.61 Å². The van der Waals surface area contributed by atoms with E-state index in [1.54, 1.807) is 0 Å². The molecule has 1 N–H and O–H groups in total. The van der Waals surface area contributed by atoms with Crippen LogP contribution in [0, 0.1) is 0 Å². The van der Waals surface area contributed by atoms with Gasteiger partial charge in [-0.25, -0.2) is 4.79 Å². The summed E-state index contributed by atoms with van der Waals surface area (Å²) in [6, 6.07) is 18.5. The third kappa shape index (κ3) is 5.10. The normalized spacial score (nSPS) is 16.2. The summed E-state index contributed by atoms with van der Waals surface area (Å²) in [4.78, 5) is 16.6. The lowest BCUT2D eigenvalue weighted by atomic mass is 9.74. The number of nitrogens with zero attached hydrogens (tertiary/aromatic N) is 2. The van der Waals surface area contributed by atoms with Gasteiger partial charge in [0, 0.05) is 44.9 Å². The Morgan fingerprint density at radius 1 is 1.00 bits per heavy atom. The van der Waals surface area contributed by atoms with Crippen molar-refractivity contribution in [1.82, 2.24) is 4.90 Å². The first-order valence-electron chi connectivity index (χ1n) is 10.4. The molecule has 2 heterocycles. The molecule has 2 aromatic rings. The lowest BCUT2D eigenvalue weighted by Crippen LogP contribution is -2.47. The van der Waals surface area contributed by atoms with E-state index >= 15 is 0 Å². The highest BCUT2D eigenvalue weighted by atomic mass is 16.6. The number of ether oxygens (including phenoxy) is 1. The fourth-order valence-electron chi connectivity index (χ4n) is 4.23. The van der Waals surface area contributed by atoms with Gasteiger partial charge in [0.2, 0.25) is 0 Å². The van der Waals surface area contributed by atoms with E-state index in [2.05, 4.69) is 36.2 Å². The second kappa shape index (κ2) is 10.9. The smallest absolute Gasteiger partial charge is 0.410 e. The van der Waals surface area contributed by atoms with E-state index in [0.717, 1.165) is 45.1 Å². The molecule has 158 valence electrons. The molecule has 1 spiro atoms. The van der Waals surface area contributed by atoms with E-state index in [1.165, 1.54) is 11.3 Å². The van der Waals surface area contributed by atoms with E-state index in [-0.39, 0.29) is 11.5 Å². The van der Waals surface area contributed by atoms with Crippen molar-refractivity contribution >= 4 is 11.8 Å². The van der Waals surface area contributed by atoms with Crippen molar-refractivity contribution in [2.24, 2.45) is 0 Å². The molecule has 2 aliphatic heterocycles. The topological polar surface area (TPSA) is 53.0 Å². The highest BCUT2D eigenvalue weighted by Crippen LogP contribution is 2.46. The highest BCUT2D eigenvalue weighted by molar-refractivity contribution is 5.68. The number of aliphatic hydroxyl groups is 1. The van der Waals surface area contributed by atoms with Crippen LogP contribution in [0.5, 0.6) is 0 Å².